The summed E-state index contributed by atoms with van der Waals surface area (Å²) in [5.41, 5.74) is 0.588. The van der Waals surface area contributed by atoms with Crippen LogP contribution in [0.15, 0.2) is 5.38 Å². The highest BCUT2D eigenvalue weighted by Gasteiger charge is 2.28. The number of aromatic nitrogens is 1. The summed E-state index contributed by atoms with van der Waals surface area (Å²) in [6.45, 7) is 8.51. The van der Waals surface area contributed by atoms with Gasteiger partial charge >= 0.3 is 6.09 Å². The third-order valence-corrected chi connectivity index (χ3v) is 7.28. The zero-order chi connectivity index (χ0) is 26.1. The highest BCUT2D eigenvalue weighted by Crippen LogP contribution is 2.26. The topological polar surface area (TPSA) is 112 Å². The molecule has 1 aromatic rings. The number of thiazole rings is 1. The second-order valence-electron chi connectivity index (χ2n) is 9.88. The van der Waals surface area contributed by atoms with Crippen LogP contribution in [0, 0.1) is 11.8 Å². The Morgan fingerprint density at radius 2 is 1.78 bits per heavy atom. The molecule has 0 spiro atoms. The molecule has 1 saturated heterocycles. The lowest BCUT2D eigenvalue weighted by Gasteiger charge is -2.34. The second kappa shape index (κ2) is 13.6. The smallest absolute Gasteiger partial charge is 0.409 e. The summed E-state index contributed by atoms with van der Waals surface area (Å²) >= 11 is 1.27. The fourth-order valence-corrected chi connectivity index (χ4v) is 5.41. The first-order valence-electron chi connectivity index (χ1n) is 13.0. The van der Waals surface area contributed by atoms with Crippen molar-refractivity contribution < 1.29 is 23.9 Å². The fourth-order valence-electron chi connectivity index (χ4n) is 4.68. The summed E-state index contributed by atoms with van der Waals surface area (Å²) < 4.78 is 5.01. The third kappa shape index (κ3) is 8.18. The Hall–Kier alpha value is -2.69. The lowest BCUT2D eigenvalue weighted by atomic mass is 9.88. The lowest BCUT2D eigenvalue weighted by Crippen LogP contribution is -2.51. The van der Waals surface area contributed by atoms with E-state index < -0.39 is 0 Å². The van der Waals surface area contributed by atoms with Crippen molar-refractivity contribution >= 4 is 40.3 Å². The molecule has 200 valence electrons. The number of rotatable bonds is 9. The van der Waals surface area contributed by atoms with Gasteiger partial charge in [0.2, 0.25) is 17.7 Å². The van der Waals surface area contributed by atoms with E-state index in [-0.39, 0.29) is 48.6 Å². The molecular formula is C25H39N5O5S. The summed E-state index contributed by atoms with van der Waals surface area (Å²) in [5.74, 6) is 0.0148. The molecule has 3 rings (SSSR count). The maximum absolute atomic E-state index is 13.0. The minimum absolute atomic E-state index is 0.00605. The Bertz CT molecular complexity index is 906. The van der Waals surface area contributed by atoms with Gasteiger partial charge in [-0.2, -0.15) is 0 Å². The van der Waals surface area contributed by atoms with Gasteiger partial charge in [0.05, 0.1) is 25.3 Å². The van der Waals surface area contributed by atoms with Crippen molar-refractivity contribution in [1.29, 1.82) is 0 Å². The predicted molar refractivity (Wildman–Crippen MR) is 138 cm³/mol. The van der Waals surface area contributed by atoms with Gasteiger partial charge in [-0.25, -0.2) is 9.78 Å². The normalized spacial score (nSPS) is 16.7. The van der Waals surface area contributed by atoms with E-state index in [2.05, 4.69) is 10.3 Å². The molecule has 2 fully saturated rings. The average molecular weight is 522 g/mol. The molecule has 0 radical (unpaired) electrons. The molecule has 36 heavy (non-hydrogen) atoms. The van der Waals surface area contributed by atoms with E-state index in [9.17, 15) is 19.2 Å². The minimum Gasteiger partial charge on any atom is -0.450 e. The van der Waals surface area contributed by atoms with Crippen molar-refractivity contribution in [3.8, 4) is 0 Å². The Labute approximate surface area is 217 Å². The summed E-state index contributed by atoms with van der Waals surface area (Å²) in [6.07, 6.45) is 4.89. The maximum atomic E-state index is 13.0. The van der Waals surface area contributed by atoms with Crippen molar-refractivity contribution in [2.24, 2.45) is 11.8 Å². The van der Waals surface area contributed by atoms with Gasteiger partial charge in [-0.3, -0.25) is 14.4 Å². The van der Waals surface area contributed by atoms with Gasteiger partial charge in [-0.15, -0.1) is 11.3 Å². The number of carbonyl (C=O) groups excluding carboxylic acids is 4. The van der Waals surface area contributed by atoms with E-state index in [1.165, 1.54) is 17.8 Å². The van der Waals surface area contributed by atoms with Gasteiger partial charge in [0.1, 0.15) is 0 Å². The van der Waals surface area contributed by atoms with E-state index >= 15 is 0 Å². The molecule has 0 unspecified atom stereocenters. The first-order chi connectivity index (χ1) is 17.3. The number of nitrogens with one attached hydrogen (secondary N) is 1. The van der Waals surface area contributed by atoms with Crippen LogP contribution in [0.4, 0.5) is 9.93 Å². The lowest BCUT2D eigenvalue weighted by molar-refractivity contribution is -0.139. The van der Waals surface area contributed by atoms with E-state index in [1.54, 1.807) is 27.0 Å². The van der Waals surface area contributed by atoms with Crippen molar-refractivity contribution in [3.05, 3.63) is 11.1 Å². The highest BCUT2D eigenvalue weighted by atomic mass is 32.1. The van der Waals surface area contributed by atoms with Crippen LogP contribution in [0.5, 0.6) is 0 Å². The van der Waals surface area contributed by atoms with E-state index in [4.69, 9.17) is 4.74 Å². The number of piperazine rings is 1. The minimum atomic E-state index is -0.350. The molecule has 2 heterocycles. The molecule has 4 amide bonds. The molecule has 1 N–H and O–H groups in total. The molecule has 1 aliphatic carbocycles. The van der Waals surface area contributed by atoms with Gasteiger partial charge < -0.3 is 24.8 Å². The molecule has 1 saturated carbocycles. The van der Waals surface area contributed by atoms with Crippen molar-refractivity contribution in [2.45, 2.75) is 59.3 Å². The maximum Gasteiger partial charge on any atom is 0.409 e. The summed E-state index contributed by atoms with van der Waals surface area (Å²) in [5, 5.41) is 4.98. The van der Waals surface area contributed by atoms with Crippen LogP contribution < -0.4 is 5.32 Å². The second-order valence-corrected chi connectivity index (χ2v) is 10.7. The number of hydrogen-bond acceptors (Lipinski definition) is 7. The number of hydrogen-bond donors (Lipinski definition) is 1. The van der Waals surface area contributed by atoms with Crippen LogP contribution in [0.3, 0.4) is 0 Å². The molecule has 0 aromatic carbocycles. The van der Waals surface area contributed by atoms with Crippen LogP contribution in [-0.2, 0) is 25.5 Å². The molecule has 1 aromatic heterocycles. The molecule has 11 heteroatoms. The summed E-state index contributed by atoms with van der Waals surface area (Å²) in [7, 11) is 0. The third-order valence-electron chi connectivity index (χ3n) is 6.47. The molecule has 2 aliphatic rings. The SMILES string of the molecule is CCOC(=O)N1CCN(C(=O)Cc2csc(NC(=O)CN(CC(C)C)C(=O)C3CCCCC3)n2)CC1. The molecule has 10 nitrogen and oxygen atoms in total. The first kappa shape index (κ1) is 27.9. The fraction of sp³-hybridized carbons (Fsp3) is 0.720. The Morgan fingerprint density at radius 3 is 2.42 bits per heavy atom. The van der Waals surface area contributed by atoms with Crippen LogP contribution in [0.1, 0.15) is 58.6 Å². The number of nitrogens with zero attached hydrogens (tertiary/aromatic N) is 4. The van der Waals surface area contributed by atoms with Crippen molar-refractivity contribution in [2.75, 3.05) is 51.2 Å². The van der Waals surface area contributed by atoms with Crippen molar-refractivity contribution in [3.63, 3.8) is 0 Å². The summed E-state index contributed by atoms with van der Waals surface area (Å²) in [4.78, 5) is 59.7. The van der Waals surface area contributed by atoms with Gasteiger partial charge in [-0.05, 0) is 25.7 Å². The van der Waals surface area contributed by atoms with Gasteiger partial charge in [0, 0.05) is 44.0 Å². The van der Waals surface area contributed by atoms with Crippen molar-refractivity contribution in [1.82, 2.24) is 19.7 Å². The van der Waals surface area contributed by atoms with Crippen LogP contribution in [0.2, 0.25) is 0 Å². The number of ether oxygens (including phenoxy) is 1. The average Bonchev–Trinajstić information content (AvgIpc) is 3.30. The quantitative estimate of drug-likeness (QED) is 0.535. The molecule has 1 aliphatic heterocycles. The van der Waals surface area contributed by atoms with E-state index in [0.29, 0.717) is 50.2 Å². The van der Waals surface area contributed by atoms with Crippen LogP contribution in [0.25, 0.3) is 0 Å². The molecule has 0 bridgehead atoms. The molecular weight excluding hydrogens is 482 g/mol. The monoisotopic (exact) mass is 521 g/mol. The zero-order valence-electron chi connectivity index (χ0n) is 21.7. The van der Waals surface area contributed by atoms with Crippen LogP contribution in [-0.4, -0.2) is 89.4 Å². The molecule has 0 atom stereocenters. The van der Waals surface area contributed by atoms with Gasteiger partial charge in [0.25, 0.3) is 0 Å². The Kier molecular flexibility index (Phi) is 10.5. The van der Waals surface area contributed by atoms with Crippen LogP contribution >= 0.6 is 11.3 Å². The Morgan fingerprint density at radius 1 is 1.11 bits per heavy atom. The van der Waals surface area contributed by atoms with Gasteiger partial charge in [-0.1, -0.05) is 33.1 Å². The standard InChI is InChI=1S/C25H39N5O5S/c1-4-35-25(34)29-12-10-28(11-13-29)22(32)14-20-17-36-24(26-20)27-21(31)16-30(15-18(2)3)23(33)19-8-6-5-7-9-19/h17-19H,4-16H2,1-3H3,(H,26,27,31). The highest BCUT2D eigenvalue weighted by molar-refractivity contribution is 7.13. The first-order valence-corrected chi connectivity index (χ1v) is 13.9. The largest absolute Gasteiger partial charge is 0.450 e. The van der Waals surface area contributed by atoms with Gasteiger partial charge in [0.15, 0.2) is 5.13 Å². The van der Waals surface area contributed by atoms with E-state index in [0.717, 1.165) is 25.7 Å². The number of carbonyl (C=O) groups is 4. The van der Waals surface area contributed by atoms with E-state index in [1.807, 2.05) is 13.8 Å². The predicted octanol–water partition coefficient (Wildman–Crippen LogP) is 2.99. The summed E-state index contributed by atoms with van der Waals surface area (Å²) in [6, 6.07) is 0. The number of anilines is 1. The number of amides is 4. The zero-order valence-corrected chi connectivity index (χ0v) is 22.5. The Balaban J connectivity index is 1.48.